The Bertz CT molecular complexity index is 869. The Balaban J connectivity index is 1.33. The van der Waals surface area contributed by atoms with Crippen molar-refractivity contribution in [2.24, 2.45) is 0 Å². The van der Waals surface area contributed by atoms with Crippen LogP contribution in [0.15, 0.2) is 52.5 Å². The van der Waals surface area contributed by atoms with Crippen molar-refractivity contribution in [1.82, 2.24) is 14.8 Å². The van der Waals surface area contributed by atoms with Crippen LogP contribution < -0.4 is 0 Å². The molecule has 0 saturated carbocycles. The number of hydrogen-bond donors (Lipinski definition) is 0. The summed E-state index contributed by atoms with van der Waals surface area (Å²) in [5.41, 5.74) is 2.14. The zero-order valence-electron chi connectivity index (χ0n) is 14.1. The third kappa shape index (κ3) is 3.82. The molecule has 3 heterocycles. The Hall–Kier alpha value is -2.15. The van der Waals surface area contributed by atoms with E-state index in [1.54, 1.807) is 23.5 Å². The number of thiazole rings is 1. The monoisotopic (exact) mass is 387 g/mol. The second-order valence-electron chi connectivity index (χ2n) is 6.20. The highest BCUT2D eigenvalue weighted by Gasteiger charge is 2.24. The Morgan fingerprint density at radius 2 is 1.92 bits per heavy atom. The number of carbonyl (C=O) groups excluding carboxylic acids is 1. The minimum atomic E-state index is -0.0340. The lowest BCUT2D eigenvalue weighted by molar-refractivity contribution is 0.0596. The number of piperazine rings is 1. The summed E-state index contributed by atoms with van der Waals surface area (Å²) < 4.78 is 5.20. The average molecular weight is 388 g/mol. The number of halogens is 1. The van der Waals surface area contributed by atoms with Crippen molar-refractivity contribution in [2.45, 2.75) is 6.54 Å². The molecule has 1 aliphatic heterocycles. The molecule has 1 saturated heterocycles. The van der Waals surface area contributed by atoms with Gasteiger partial charge in [-0.05, 0) is 24.3 Å². The molecule has 1 amide bonds. The van der Waals surface area contributed by atoms with Crippen LogP contribution in [0.4, 0.5) is 0 Å². The van der Waals surface area contributed by atoms with Crippen molar-refractivity contribution in [3.8, 4) is 10.6 Å². The van der Waals surface area contributed by atoms with E-state index in [1.165, 1.54) is 6.26 Å². The van der Waals surface area contributed by atoms with Gasteiger partial charge in [-0.15, -0.1) is 11.3 Å². The van der Waals surface area contributed by atoms with E-state index in [2.05, 4.69) is 10.3 Å². The maximum Gasteiger partial charge on any atom is 0.289 e. The summed E-state index contributed by atoms with van der Waals surface area (Å²) in [6, 6.07) is 11.2. The van der Waals surface area contributed by atoms with Gasteiger partial charge in [-0.25, -0.2) is 4.98 Å². The zero-order chi connectivity index (χ0) is 17.9. The SMILES string of the molecule is O=C(c1ccco1)N1CCN(Cc2csc(-c3ccc(Cl)cc3)n2)CC1. The van der Waals surface area contributed by atoms with Crippen LogP contribution in [-0.4, -0.2) is 46.9 Å². The summed E-state index contributed by atoms with van der Waals surface area (Å²) in [4.78, 5) is 21.2. The molecule has 1 aliphatic rings. The van der Waals surface area contributed by atoms with E-state index in [9.17, 15) is 4.79 Å². The number of carbonyl (C=O) groups is 1. The van der Waals surface area contributed by atoms with E-state index >= 15 is 0 Å². The first kappa shape index (κ1) is 17.3. The molecule has 0 aliphatic carbocycles. The molecule has 0 bridgehead atoms. The normalized spacial score (nSPS) is 15.3. The van der Waals surface area contributed by atoms with Crippen LogP contribution in [0.2, 0.25) is 5.02 Å². The minimum absolute atomic E-state index is 0.0340. The van der Waals surface area contributed by atoms with E-state index < -0.39 is 0 Å². The first-order valence-corrected chi connectivity index (χ1v) is 9.70. The van der Waals surface area contributed by atoms with E-state index in [4.69, 9.17) is 21.0 Å². The van der Waals surface area contributed by atoms with Crippen molar-refractivity contribution in [2.75, 3.05) is 26.2 Å². The highest BCUT2D eigenvalue weighted by molar-refractivity contribution is 7.13. The number of furan rings is 1. The number of rotatable bonds is 4. The Morgan fingerprint density at radius 3 is 2.62 bits per heavy atom. The highest BCUT2D eigenvalue weighted by Crippen LogP contribution is 2.25. The van der Waals surface area contributed by atoms with Crippen molar-refractivity contribution >= 4 is 28.8 Å². The molecule has 2 aromatic heterocycles. The lowest BCUT2D eigenvalue weighted by Crippen LogP contribution is -2.48. The lowest BCUT2D eigenvalue weighted by Gasteiger charge is -2.33. The largest absolute Gasteiger partial charge is 0.459 e. The molecule has 26 heavy (non-hydrogen) atoms. The molecule has 0 N–H and O–H groups in total. The standard InChI is InChI=1S/C19H18ClN3O2S/c20-15-5-3-14(4-6-15)18-21-16(13-26-18)12-22-7-9-23(10-8-22)19(24)17-2-1-11-25-17/h1-6,11,13H,7-10,12H2. The van der Waals surface area contributed by atoms with Gasteiger partial charge >= 0.3 is 0 Å². The molecule has 3 aromatic rings. The Labute approximate surface area is 160 Å². The topological polar surface area (TPSA) is 49.6 Å². The van der Waals surface area contributed by atoms with Gasteiger partial charge in [0, 0.05) is 48.7 Å². The van der Waals surface area contributed by atoms with E-state index in [0.717, 1.165) is 40.9 Å². The Kier molecular flexibility index (Phi) is 5.06. The molecule has 0 atom stereocenters. The fourth-order valence-electron chi connectivity index (χ4n) is 3.00. The highest BCUT2D eigenvalue weighted by atomic mass is 35.5. The second kappa shape index (κ2) is 7.61. The number of amides is 1. The molecular formula is C19H18ClN3O2S. The molecule has 0 unspecified atom stereocenters. The predicted molar refractivity (Wildman–Crippen MR) is 102 cm³/mol. The van der Waals surface area contributed by atoms with Crippen LogP contribution in [0.5, 0.6) is 0 Å². The van der Waals surface area contributed by atoms with Crippen LogP contribution in [0.3, 0.4) is 0 Å². The van der Waals surface area contributed by atoms with Gasteiger partial charge in [-0.1, -0.05) is 23.7 Å². The van der Waals surface area contributed by atoms with Gasteiger partial charge < -0.3 is 9.32 Å². The summed E-state index contributed by atoms with van der Waals surface area (Å²) in [6.45, 7) is 3.87. The minimum Gasteiger partial charge on any atom is -0.459 e. The fourth-order valence-corrected chi connectivity index (χ4v) is 3.94. The van der Waals surface area contributed by atoms with Gasteiger partial charge in [0.15, 0.2) is 5.76 Å². The number of benzene rings is 1. The van der Waals surface area contributed by atoms with Crippen LogP contribution in [-0.2, 0) is 6.54 Å². The number of nitrogens with zero attached hydrogens (tertiary/aromatic N) is 3. The van der Waals surface area contributed by atoms with Crippen molar-refractivity contribution in [3.63, 3.8) is 0 Å². The maximum absolute atomic E-state index is 12.3. The van der Waals surface area contributed by atoms with Crippen LogP contribution >= 0.6 is 22.9 Å². The smallest absolute Gasteiger partial charge is 0.289 e. The molecule has 0 radical (unpaired) electrons. The van der Waals surface area contributed by atoms with Crippen LogP contribution in [0.1, 0.15) is 16.2 Å². The summed E-state index contributed by atoms with van der Waals surface area (Å²) in [5, 5.41) is 3.83. The molecule has 5 nitrogen and oxygen atoms in total. The number of hydrogen-bond acceptors (Lipinski definition) is 5. The Morgan fingerprint density at radius 1 is 1.15 bits per heavy atom. The second-order valence-corrected chi connectivity index (χ2v) is 7.49. The third-order valence-corrected chi connectivity index (χ3v) is 5.61. The average Bonchev–Trinajstić information content (AvgIpc) is 3.35. The van der Waals surface area contributed by atoms with E-state index in [0.29, 0.717) is 18.8 Å². The van der Waals surface area contributed by atoms with Gasteiger partial charge in [0.2, 0.25) is 0 Å². The van der Waals surface area contributed by atoms with E-state index in [-0.39, 0.29) is 5.91 Å². The number of aromatic nitrogens is 1. The first-order chi connectivity index (χ1) is 12.7. The quantitative estimate of drug-likeness (QED) is 0.678. The van der Waals surface area contributed by atoms with Gasteiger partial charge in [-0.3, -0.25) is 9.69 Å². The summed E-state index contributed by atoms with van der Waals surface area (Å²) in [5.74, 6) is 0.374. The molecule has 134 valence electrons. The summed E-state index contributed by atoms with van der Waals surface area (Å²) >= 11 is 7.59. The van der Waals surface area contributed by atoms with Crippen LogP contribution in [0.25, 0.3) is 10.6 Å². The lowest BCUT2D eigenvalue weighted by atomic mass is 10.2. The van der Waals surface area contributed by atoms with Crippen molar-refractivity contribution in [1.29, 1.82) is 0 Å². The molecule has 4 rings (SSSR count). The first-order valence-electron chi connectivity index (χ1n) is 8.44. The van der Waals surface area contributed by atoms with Gasteiger partial charge in [-0.2, -0.15) is 0 Å². The van der Waals surface area contributed by atoms with Crippen molar-refractivity contribution < 1.29 is 9.21 Å². The molecule has 1 aromatic carbocycles. The van der Waals surface area contributed by atoms with Crippen molar-refractivity contribution in [3.05, 3.63) is 64.5 Å². The maximum atomic E-state index is 12.3. The molecule has 7 heteroatoms. The molecule has 1 fully saturated rings. The third-order valence-electron chi connectivity index (χ3n) is 4.42. The van der Waals surface area contributed by atoms with Gasteiger partial charge in [0.05, 0.1) is 12.0 Å². The zero-order valence-corrected chi connectivity index (χ0v) is 15.7. The molecule has 0 spiro atoms. The summed E-state index contributed by atoms with van der Waals surface area (Å²) in [7, 11) is 0. The summed E-state index contributed by atoms with van der Waals surface area (Å²) in [6.07, 6.45) is 1.53. The van der Waals surface area contributed by atoms with E-state index in [1.807, 2.05) is 29.2 Å². The van der Waals surface area contributed by atoms with Crippen LogP contribution in [0, 0.1) is 0 Å². The molecular weight excluding hydrogens is 370 g/mol. The van der Waals surface area contributed by atoms with Gasteiger partial charge in [0.1, 0.15) is 5.01 Å². The fraction of sp³-hybridized carbons (Fsp3) is 0.263. The predicted octanol–water partition coefficient (Wildman–Crippen LogP) is 4.01. The van der Waals surface area contributed by atoms with Gasteiger partial charge in [0.25, 0.3) is 5.91 Å².